The molecule has 1 N–H and O–H groups in total. The molecule has 138 valence electrons. The van der Waals surface area contributed by atoms with Gasteiger partial charge in [-0.2, -0.15) is 0 Å². The summed E-state index contributed by atoms with van der Waals surface area (Å²) in [6, 6.07) is 21.5. The predicted octanol–water partition coefficient (Wildman–Crippen LogP) is 6.30. The van der Waals surface area contributed by atoms with E-state index in [1.165, 1.54) is 11.6 Å². The van der Waals surface area contributed by atoms with Crippen molar-refractivity contribution in [3.8, 4) is 0 Å². The molecule has 5 heteroatoms. The third-order valence-electron chi connectivity index (χ3n) is 5.09. The average Bonchev–Trinajstić information content (AvgIpc) is 3.08. The van der Waals surface area contributed by atoms with Gasteiger partial charge in [-0.3, -0.25) is 4.57 Å². The second-order valence-corrected chi connectivity index (χ2v) is 7.84. The van der Waals surface area contributed by atoms with Gasteiger partial charge in [-0.05, 0) is 64.3 Å². The number of hydrogen-bond acceptors (Lipinski definition) is 2. The number of fused-ring (bicyclic) bond motifs is 3. The van der Waals surface area contributed by atoms with E-state index in [1.807, 2.05) is 30.3 Å². The fourth-order valence-electron chi connectivity index (χ4n) is 3.65. The molecular formula is C23H17BrFN3. The highest BCUT2D eigenvalue weighted by atomic mass is 79.9. The lowest BCUT2D eigenvalue weighted by atomic mass is 10.0. The third-order valence-corrected chi connectivity index (χ3v) is 5.70. The number of para-hydroxylation sites is 2. The van der Waals surface area contributed by atoms with E-state index >= 15 is 0 Å². The number of rotatable bonds is 2. The van der Waals surface area contributed by atoms with Crippen LogP contribution in [0.5, 0.6) is 0 Å². The van der Waals surface area contributed by atoms with Gasteiger partial charge in [0, 0.05) is 5.70 Å². The molecule has 3 aromatic carbocycles. The van der Waals surface area contributed by atoms with Crippen molar-refractivity contribution in [3.63, 3.8) is 0 Å². The standard InChI is InChI=1S/C23H17BrFN3/c1-14-6-8-15(9-7-14)20-13-22(16-10-11-18(25)17(24)12-16)28-21-5-3-2-4-19(21)26-23(28)27-20/h2-13,22H,1H3,(H,26,27). The van der Waals surface area contributed by atoms with Crippen LogP contribution in [-0.2, 0) is 0 Å². The molecule has 2 heterocycles. The summed E-state index contributed by atoms with van der Waals surface area (Å²) in [7, 11) is 0. The molecule has 1 atom stereocenters. The van der Waals surface area contributed by atoms with Crippen molar-refractivity contribution in [2.45, 2.75) is 13.0 Å². The van der Waals surface area contributed by atoms with Gasteiger partial charge in [0.25, 0.3) is 0 Å². The Hall–Kier alpha value is -2.92. The Bertz CT molecular complexity index is 1220. The van der Waals surface area contributed by atoms with E-state index in [1.54, 1.807) is 0 Å². The third kappa shape index (κ3) is 2.83. The number of aryl methyl sites for hydroxylation is 1. The fourth-order valence-corrected chi connectivity index (χ4v) is 4.05. The van der Waals surface area contributed by atoms with E-state index in [-0.39, 0.29) is 11.9 Å². The van der Waals surface area contributed by atoms with E-state index in [2.05, 4.69) is 69.1 Å². The Kier molecular flexibility index (Phi) is 4.05. The summed E-state index contributed by atoms with van der Waals surface area (Å²) in [6.45, 7) is 2.07. The molecule has 0 saturated heterocycles. The molecule has 4 aromatic rings. The molecule has 1 aliphatic rings. The van der Waals surface area contributed by atoms with Crippen molar-refractivity contribution in [3.05, 3.63) is 99.8 Å². The van der Waals surface area contributed by atoms with Crippen molar-refractivity contribution in [1.82, 2.24) is 9.55 Å². The Morgan fingerprint density at radius 1 is 1.04 bits per heavy atom. The maximum atomic E-state index is 13.8. The lowest BCUT2D eigenvalue weighted by Crippen LogP contribution is -2.19. The number of benzene rings is 3. The minimum absolute atomic E-state index is 0.100. The van der Waals surface area contributed by atoms with E-state index in [9.17, 15) is 4.39 Å². The van der Waals surface area contributed by atoms with Gasteiger partial charge in [0.1, 0.15) is 5.82 Å². The molecule has 1 aromatic heterocycles. The summed E-state index contributed by atoms with van der Waals surface area (Å²) >= 11 is 3.32. The minimum Gasteiger partial charge on any atom is -0.325 e. The number of allylic oxidation sites excluding steroid dienone is 1. The van der Waals surface area contributed by atoms with Gasteiger partial charge in [-0.1, -0.05) is 48.0 Å². The molecule has 1 aliphatic heterocycles. The number of halogens is 2. The largest absolute Gasteiger partial charge is 0.325 e. The molecule has 28 heavy (non-hydrogen) atoms. The van der Waals surface area contributed by atoms with Crippen molar-refractivity contribution >= 4 is 38.6 Å². The lowest BCUT2D eigenvalue weighted by Gasteiger charge is -2.27. The first-order chi connectivity index (χ1) is 13.6. The molecule has 0 aliphatic carbocycles. The highest BCUT2D eigenvalue weighted by molar-refractivity contribution is 9.10. The van der Waals surface area contributed by atoms with Gasteiger partial charge in [0.15, 0.2) is 0 Å². The summed E-state index contributed by atoms with van der Waals surface area (Å²) in [5.74, 6) is 0.515. The summed E-state index contributed by atoms with van der Waals surface area (Å²) < 4.78 is 16.5. The van der Waals surface area contributed by atoms with Crippen LogP contribution in [0.4, 0.5) is 10.3 Å². The molecule has 3 nitrogen and oxygen atoms in total. The number of anilines is 1. The highest BCUT2D eigenvalue weighted by Crippen LogP contribution is 2.37. The molecular weight excluding hydrogens is 417 g/mol. The van der Waals surface area contributed by atoms with Gasteiger partial charge in [0.05, 0.1) is 21.5 Å². The summed E-state index contributed by atoms with van der Waals surface area (Å²) in [6.07, 6.45) is 2.17. The first-order valence-corrected chi connectivity index (χ1v) is 9.87. The van der Waals surface area contributed by atoms with Crippen molar-refractivity contribution in [2.24, 2.45) is 0 Å². The summed E-state index contributed by atoms with van der Waals surface area (Å²) in [4.78, 5) is 4.79. The van der Waals surface area contributed by atoms with Crippen LogP contribution in [-0.4, -0.2) is 9.55 Å². The normalized spacial score (nSPS) is 15.8. The van der Waals surface area contributed by atoms with Gasteiger partial charge >= 0.3 is 0 Å². The average molecular weight is 434 g/mol. The number of imidazole rings is 1. The maximum Gasteiger partial charge on any atom is 0.209 e. The zero-order valence-corrected chi connectivity index (χ0v) is 16.7. The van der Waals surface area contributed by atoms with Crippen LogP contribution in [0.2, 0.25) is 0 Å². The number of nitrogens with one attached hydrogen (secondary N) is 1. The van der Waals surface area contributed by atoms with E-state index in [0.29, 0.717) is 4.47 Å². The fraction of sp³-hybridized carbons (Fsp3) is 0.0870. The Morgan fingerprint density at radius 2 is 1.82 bits per heavy atom. The van der Waals surface area contributed by atoms with Gasteiger partial charge in [-0.25, -0.2) is 9.37 Å². The molecule has 0 saturated carbocycles. The molecule has 0 fully saturated rings. The van der Waals surface area contributed by atoms with Gasteiger partial charge in [-0.15, -0.1) is 0 Å². The Balaban J connectivity index is 1.72. The zero-order chi connectivity index (χ0) is 19.3. The number of aromatic nitrogens is 2. The summed E-state index contributed by atoms with van der Waals surface area (Å²) in [5.41, 5.74) is 6.25. The molecule has 0 radical (unpaired) electrons. The molecule has 0 bridgehead atoms. The van der Waals surface area contributed by atoms with Crippen LogP contribution < -0.4 is 5.32 Å². The Labute approximate surface area is 170 Å². The molecule has 1 unspecified atom stereocenters. The van der Waals surface area contributed by atoms with Crippen molar-refractivity contribution in [1.29, 1.82) is 0 Å². The van der Waals surface area contributed by atoms with Crippen LogP contribution in [0.15, 0.2) is 77.3 Å². The van der Waals surface area contributed by atoms with E-state index in [0.717, 1.165) is 33.8 Å². The van der Waals surface area contributed by atoms with Crippen molar-refractivity contribution in [2.75, 3.05) is 5.32 Å². The lowest BCUT2D eigenvalue weighted by molar-refractivity contribution is 0.618. The first kappa shape index (κ1) is 17.2. The Morgan fingerprint density at radius 3 is 2.61 bits per heavy atom. The highest BCUT2D eigenvalue weighted by Gasteiger charge is 2.25. The van der Waals surface area contributed by atoms with E-state index in [4.69, 9.17) is 4.98 Å². The minimum atomic E-state index is -0.267. The topological polar surface area (TPSA) is 29.9 Å². The van der Waals surface area contributed by atoms with Crippen LogP contribution in [0.3, 0.4) is 0 Å². The maximum absolute atomic E-state index is 13.8. The summed E-state index contributed by atoms with van der Waals surface area (Å²) in [5, 5.41) is 3.48. The van der Waals surface area contributed by atoms with E-state index < -0.39 is 0 Å². The number of hydrogen-bond donors (Lipinski definition) is 1. The zero-order valence-electron chi connectivity index (χ0n) is 15.2. The SMILES string of the molecule is Cc1ccc(C2=CC(c3ccc(F)c(Br)c3)n3c(nc4ccccc43)N2)cc1. The van der Waals surface area contributed by atoms with Crippen molar-refractivity contribution < 1.29 is 4.39 Å². The van der Waals surface area contributed by atoms with Crippen LogP contribution in [0, 0.1) is 12.7 Å². The van der Waals surface area contributed by atoms with Gasteiger partial charge < -0.3 is 5.32 Å². The first-order valence-electron chi connectivity index (χ1n) is 9.08. The predicted molar refractivity (Wildman–Crippen MR) is 115 cm³/mol. The monoisotopic (exact) mass is 433 g/mol. The number of nitrogens with zero attached hydrogens (tertiary/aromatic N) is 2. The smallest absolute Gasteiger partial charge is 0.209 e. The second kappa shape index (κ2) is 6.60. The molecule has 0 amide bonds. The van der Waals surface area contributed by atoms with Crippen LogP contribution in [0.25, 0.3) is 16.7 Å². The van der Waals surface area contributed by atoms with Crippen LogP contribution in [0.1, 0.15) is 22.7 Å². The second-order valence-electron chi connectivity index (χ2n) is 6.98. The molecule has 0 spiro atoms. The van der Waals surface area contributed by atoms with Crippen LogP contribution >= 0.6 is 15.9 Å². The quantitative estimate of drug-likeness (QED) is 0.401. The van der Waals surface area contributed by atoms with Gasteiger partial charge in [0.2, 0.25) is 5.95 Å². The molecule has 5 rings (SSSR count).